The number of hydrogen-bond donors (Lipinski definition) is 0. The number of carbonyl (C=O) groups excluding carboxylic acids is 1. The maximum atomic E-state index is 14.5. The van der Waals surface area contributed by atoms with E-state index in [0.717, 1.165) is 0 Å². The molecule has 1 aliphatic carbocycles. The SMILES string of the molecule is Cc1cc(F)c(N2CCN(C(=O)C3(C(C)C)CC3(F)F)CC2)cc1SCC(F)(F)F. The van der Waals surface area contributed by atoms with E-state index in [0.29, 0.717) is 22.2 Å². The van der Waals surface area contributed by atoms with E-state index < -0.39 is 47.3 Å². The summed E-state index contributed by atoms with van der Waals surface area (Å²) in [5.41, 5.74) is -1.09. The number of piperazine rings is 1. The van der Waals surface area contributed by atoms with Gasteiger partial charge >= 0.3 is 6.18 Å². The maximum Gasteiger partial charge on any atom is 0.398 e. The number of halogens is 6. The Balaban J connectivity index is 1.70. The number of amides is 1. The summed E-state index contributed by atoms with van der Waals surface area (Å²) in [4.78, 5) is 16.1. The molecule has 1 heterocycles. The molecule has 0 N–H and O–H groups in total. The number of nitrogens with zero attached hydrogens (tertiary/aromatic N) is 2. The van der Waals surface area contributed by atoms with E-state index in [1.165, 1.54) is 17.0 Å². The van der Waals surface area contributed by atoms with Crippen molar-refractivity contribution in [3.8, 4) is 0 Å². The molecule has 1 saturated heterocycles. The van der Waals surface area contributed by atoms with Crippen LogP contribution < -0.4 is 4.90 Å². The molecule has 0 spiro atoms. The number of aryl methyl sites for hydroxylation is 1. The third-order valence-corrected chi connectivity index (χ3v) is 7.16. The minimum absolute atomic E-state index is 0.154. The molecule has 168 valence electrons. The van der Waals surface area contributed by atoms with Gasteiger partial charge in [0.15, 0.2) is 0 Å². The van der Waals surface area contributed by atoms with Gasteiger partial charge in [0.1, 0.15) is 11.2 Å². The summed E-state index contributed by atoms with van der Waals surface area (Å²) in [6.07, 6.45) is -4.79. The summed E-state index contributed by atoms with van der Waals surface area (Å²) in [6.45, 7) is 5.50. The van der Waals surface area contributed by atoms with E-state index in [2.05, 4.69) is 0 Å². The fraction of sp³-hybridized carbons (Fsp3) is 0.650. The number of benzene rings is 1. The number of thioether (sulfide) groups is 1. The van der Waals surface area contributed by atoms with Crippen LogP contribution in [0.5, 0.6) is 0 Å². The number of alkyl halides is 5. The number of rotatable bonds is 5. The van der Waals surface area contributed by atoms with Gasteiger partial charge in [0.25, 0.3) is 5.92 Å². The van der Waals surface area contributed by atoms with Crippen molar-refractivity contribution in [3.05, 3.63) is 23.5 Å². The average Bonchev–Trinajstić information content (AvgIpc) is 3.24. The van der Waals surface area contributed by atoms with Crippen LogP contribution >= 0.6 is 11.8 Å². The lowest BCUT2D eigenvalue weighted by Crippen LogP contribution is -2.52. The first-order chi connectivity index (χ1) is 13.8. The van der Waals surface area contributed by atoms with Crippen molar-refractivity contribution >= 4 is 23.4 Å². The van der Waals surface area contributed by atoms with E-state index in [9.17, 15) is 31.1 Å². The van der Waals surface area contributed by atoms with Crippen molar-refractivity contribution in [2.24, 2.45) is 11.3 Å². The molecule has 1 amide bonds. The van der Waals surface area contributed by atoms with Crippen LogP contribution in [0.25, 0.3) is 0 Å². The van der Waals surface area contributed by atoms with Gasteiger partial charge in [0, 0.05) is 37.5 Å². The smallest absolute Gasteiger partial charge is 0.366 e. The summed E-state index contributed by atoms with van der Waals surface area (Å²) in [5.74, 6) is -5.72. The molecule has 2 aliphatic rings. The molecule has 30 heavy (non-hydrogen) atoms. The van der Waals surface area contributed by atoms with E-state index in [1.807, 2.05) is 0 Å². The van der Waals surface area contributed by atoms with Gasteiger partial charge in [0.05, 0.1) is 11.4 Å². The van der Waals surface area contributed by atoms with Crippen molar-refractivity contribution < 1.29 is 31.1 Å². The Morgan fingerprint density at radius 2 is 1.73 bits per heavy atom. The molecule has 1 saturated carbocycles. The molecule has 0 radical (unpaired) electrons. The van der Waals surface area contributed by atoms with Crippen molar-refractivity contribution in [2.45, 2.75) is 44.2 Å². The summed E-state index contributed by atoms with van der Waals surface area (Å²) in [7, 11) is 0. The van der Waals surface area contributed by atoms with Gasteiger partial charge in [-0.1, -0.05) is 13.8 Å². The number of anilines is 1. The molecule has 1 unspecified atom stereocenters. The largest absolute Gasteiger partial charge is 0.398 e. The highest BCUT2D eigenvalue weighted by Gasteiger charge is 2.77. The third-order valence-electron chi connectivity index (χ3n) is 5.94. The lowest BCUT2D eigenvalue weighted by atomic mass is 9.89. The molecule has 3 nitrogen and oxygen atoms in total. The van der Waals surface area contributed by atoms with Gasteiger partial charge in [-0.2, -0.15) is 13.2 Å². The monoisotopic (exact) mass is 454 g/mol. The molecule has 2 fully saturated rings. The molecular formula is C20H24F6N2OS. The maximum absolute atomic E-state index is 14.5. The molecular weight excluding hydrogens is 430 g/mol. The van der Waals surface area contributed by atoms with Crippen LogP contribution in [0.1, 0.15) is 25.8 Å². The first-order valence-electron chi connectivity index (χ1n) is 9.70. The minimum Gasteiger partial charge on any atom is -0.366 e. The first-order valence-corrected chi connectivity index (χ1v) is 10.7. The standard InChI is InChI=1S/C20H24F6N2OS/c1-12(2)18(10-19(18,22)23)17(29)28-6-4-27(5-7-28)15-9-16(13(3)8-14(15)21)30-11-20(24,25)26/h8-9,12H,4-7,10-11H2,1-3H3. The Morgan fingerprint density at radius 1 is 1.17 bits per heavy atom. The summed E-state index contributed by atoms with van der Waals surface area (Å²) >= 11 is 0.595. The lowest BCUT2D eigenvalue weighted by molar-refractivity contribution is -0.143. The Labute approximate surface area is 175 Å². The minimum atomic E-state index is -4.34. The van der Waals surface area contributed by atoms with Crippen LogP contribution in [0.3, 0.4) is 0 Å². The summed E-state index contributed by atoms with van der Waals surface area (Å²) in [5, 5.41) is 0. The summed E-state index contributed by atoms with van der Waals surface area (Å²) in [6, 6.07) is 2.59. The zero-order valence-corrected chi connectivity index (χ0v) is 17.8. The van der Waals surface area contributed by atoms with E-state index in [4.69, 9.17) is 0 Å². The van der Waals surface area contributed by atoms with Gasteiger partial charge in [-0.3, -0.25) is 4.79 Å². The Morgan fingerprint density at radius 3 is 2.20 bits per heavy atom. The topological polar surface area (TPSA) is 23.6 Å². The highest BCUT2D eigenvalue weighted by Crippen LogP contribution is 2.65. The van der Waals surface area contributed by atoms with E-state index in [1.54, 1.807) is 25.7 Å². The second kappa shape index (κ2) is 7.84. The van der Waals surface area contributed by atoms with E-state index >= 15 is 0 Å². The quantitative estimate of drug-likeness (QED) is 0.456. The predicted molar refractivity (Wildman–Crippen MR) is 104 cm³/mol. The number of hydrogen-bond acceptors (Lipinski definition) is 3. The average molecular weight is 454 g/mol. The van der Waals surface area contributed by atoms with Gasteiger partial charge in [-0.25, -0.2) is 13.2 Å². The molecule has 3 rings (SSSR count). The van der Waals surface area contributed by atoms with Crippen LogP contribution in [-0.2, 0) is 4.79 Å². The van der Waals surface area contributed by atoms with Crippen molar-refractivity contribution in [1.82, 2.24) is 4.90 Å². The summed E-state index contributed by atoms with van der Waals surface area (Å²) < 4.78 is 80.0. The van der Waals surface area contributed by atoms with Gasteiger partial charge in [-0.15, -0.1) is 11.8 Å². The molecule has 1 aliphatic heterocycles. The third kappa shape index (κ3) is 4.24. The molecule has 10 heteroatoms. The Hall–Kier alpha value is -1.58. The molecule has 1 aromatic carbocycles. The van der Waals surface area contributed by atoms with Crippen LogP contribution in [0.4, 0.5) is 32.0 Å². The molecule has 1 atom stereocenters. The second-order valence-corrected chi connectivity index (χ2v) is 9.28. The molecule has 0 bridgehead atoms. The molecule has 0 aromatic heterocycles. The van der Waals surface area contributed by atoms with Gasteiger partial charge in [-0.05, 0) is 30.5 Å². The highest BCUT2D eigenvalue weighted by molar-refractivity contribution is 7.99. The second-order valence-electron chi connectivity index (χ2n) is 8.26. The van der Waals surface area contributed by atoms with Crippen molar-refractivity contribution in [3.63, 3.8) is 0 Å². The first kappa shape index (κ1) is 23.1. The van der Waals surface area contributed by atoms with Gasteiger partial charge in [0.2, 0.25) is 5.91 Å². The van der Waals surface area contributed by atoms with E-state index in [-0.39, 0.29) is 31.9 Å². The van der Waals surface area contributed by atoms with Crippen LogP contribution in [-0.4, -0.2) is 54.8 Å². The normalized spacial score (nSPS) is 23.8. The zero-order chi connectivity index (χ0) is 22.5. The van der Waals surface area contributed by atoms with Crippen LogP contribution in [0.2, 0.25) is 0 Å². The Kier molecular flexibility index (Phi) is 6.03. The molecule has 1 aromatic rings. The van der Waals surface area contributed by atoms with Crippen LogP contribution in [0, 0.1) is 24.1 Å². The lowest BCUT2D eigenvalue weighted by Gasteiger charge is -2.38. The van der Waals surface area contributed by atoms with Crippen LogP contribution in [0.15, 0.2) is 17.0 Å². The number of carbonyl (C=O) groups is 1. The van der Waals surface area contributed by atoms with Crippen molar-refractivity contribution in [2.75, 3.05) is 36.8 Å². The highest BCUT2D eigenvalue weighted by atomic mass is 32.2. The fourth-order valence-electron chi connectivity index (χ4n) is 4.04. The predicted octanol–water partition coefficient (Wildman–Crippen LogP) is 5.12. The van der Waals surface area contributed by atoms with Crippen molar-refractivity contribution in [1.29, 1.82) is 0 Å². The fourth-order valence-corrected chi connectivity index (χ4v) is 4.84. The Bertz CT molecular complexity index is 820. The zero-order valence-electron chi connectivity index (χ0n) is 17.0. The van der Waals surface area contributed by atoms with Gasteiger partial charge < -0.3 is 9.80 Å².